The molecule has 3 nitrogen and oxygen atoms in total. The zero-order valence-electron chi connectivity index (χ0n) is 6.46. The monoisotopic (exact) mass is 151 g/mol. The minimum atomic E-state index is 0.600. The third-order valence-electron chi connectivity index (χ3n) is 1.31. The topological polar surface area (TPSA) is 50.4 Å². The Morgan fingerprint density at radius 1 is 1.55 bits per heavy atom. The van der Waals surface area contributed by atoms with Crippen molar-refractivity contribution in [1.82, 2.24) is 5.32 Å². The second kappa shape index (κ2) is 4.68. The van der Waals surface area contributed by atoms with E-state index in [-0.39, 0.29) is 0 Å². The molecule has 0 aromatic heterocycles. The average molecular weight is 151 g/mol. The van der Waals surface area contributed by atoms with E-state index in [1.165, 1.54) is 0 Å². The van der Waals surface area contributed by atoms with Crippen molar-refractivity contribution in [3.8, 4) is 0 Å². The van der Waals surface area contributed by atoms with Gasteiger partial charge in [0.1, 0.15) is 5.84 Å². The largest absolute Gasteiger partial charge is 0.347 e. The molecule has 11 heavy (non-hydrogen) atoms. The van der Waals surface area contributed by atoms with Crippen LogP contribution >= 0.6 is 0 Å². The standard InChI is InChI=1S/C8H13N3/c9-5-7-11-8-4-2-1-3-6-10-8/h2-4,6H,1,5,7,9H2,(H,10,11). The van der Waals surface area contributed by atoms with E-state index in [1.54, 1.807) is 0 Å². The number of rotatable bonds is 2. The lowest BCUT2D eigenvalue weighted by molar-refractivity contribution is 0.967. The Hall–Kier alpha value is -1.09. The Morgan fingerprint density at radius 2 is 2.45 bits per heavy atom. The molecule has 0 aliphatic carbocycles. The van der Waals surface area contributed by atoms with Gasteiger partial charge in [0.25, 0.3) is 0 Å². The smallest absolute Gasteiger partial charge is 0.124 e. The van der Waals surface area contributed by atoms with Crippen LogP contribution in [0.2, 0.25) is 0 Å². The first-order valence-electron chi connectivity index (χ1n) is 3.76. The molecule has 0 spiro atoms. The lowest BCUT2D eigenvalue weighted by atomic mass is 10.4. The van der Waals surface area contributed by atoms with Gasteiger partial charge in [0.05, 0.1) is 6.54 Å². The summed E-state index contributed by atoms with van der Waals surface area (Å²) in [5.41, 5.74) is 5.31. The summed E-state index contributed by atoms with van der Waals surface area (Å²) in [5.74, 6) is 0.893. The molecule has 0 amide bonds. The second-order valence-corrected chi connectivity index (χ2v) is 2.24. The quantitative estimate of drug-likeness (QED) is 0.600. The first kappa shape index (κ1) is 8.01. The SMILES string of the molecule is NCCN=C1C=CCC=CN1. The van der Waals surface area contributed by atoms with Crippen molar-refractivity contribution in [3.05, 3.63) is 24.4 Å². The molecule has 1 heterocycles. The normalized spacial score (nSPS) is 19.9. The molecule has 1 rings (SSSR count). The third-order valence-corrected chi connectivity index (χ3v) is 1.31. The number of hydrogen-bond donors (Lipinski definition) is 2. The molecule has 0 radical (unpaired) electrons. The van der Waals surface area contributed by atoms with Crippen LogP contribution in [-0.2, 0) is 0 Å². The Morgan fingerprint density at radius 3 is 3.27 bits per heavy atom. The second-order valence-electron chi connectivity index (χ2n) is 2.24. The molecule has 0 fully saturated rings. The van der Waals surface area contributed by atoms with Crippen LogP contribution in [0.1, 0.15) is 6.42 Å². The predicted molar refractivity (Wildman–Crippen MR) is 47.4 cm³/mol. The number of hydrogen-bond acceptors (Lipinski definition) is 2. The van der Waals surface area contributed by atoms with E-state index in [4.69, 9.17) is 5.73 Å². The van der Waals surface area contributed by atoms with Gasteiger partial charge in [-0.05, 0) is 18.7 Å². The molecule has 0 aromatic carbocycles. The minimum absolute atomic E-state index is 0.600. The maximum Gasteiger partial charge on any atom is 0.124 e. The highest BCUT2D eigenvalue weighted by Crippen LogP contribution is 1.91. The van der Waals surface area contributed by atoms with E-state index in [0.717, 1.165) is 12.3 Å². The lowest BCUT2D eigenvalue weighted by Gasteiger charge is -1.97. The molecular weight excluding hydrogens is 138 g/mol. The van der Waals surface area contributed by atoms with Gasteiger partial charge in [-0.2, -0.15) is 0 Å². The number of nitrogens with zero attached hydrogens (tertiary/aromatic N) is 1. The summed E-state index contributed by atoms with van der Waals surface area (Å²) < 4.78 is 0. The summed E-state index contributed by atoms with van der Waals surface area (Å²) in [7, 11) is 0. The summed E-state index contributed by atoms with van der Waals surface area (Å²) in [6.45, 7) is 1.28. The number of amidine groups is 1. The number of aliphatic imine (C=N–C) groups is 1. The van der Waals surface area contributed by atoms with Gasteiger partial charge in [-0.3, -0.25) is 4.99 Å². The number of nitrogens with one attached hydrogen (secondary N) is 1. The van der Waals surface area contributed by atoms with Crippen molar-refractivity contribution in [2.45, 2.75) is 6.42 Å². The summed E-state index contributed by atoms with van der Waals surface area (Å²) in [6, 6.07) is 0. The maximum atomic E-state index is 5.31. The zero-order valence-corrected chi connectivity index (χ0v) is 6.46. The highest BCUT2D eigenvalue weighted by atomic mass is 15.0. The molecule has 0 saturated heterocycles. The summed E-state index contributed by atoms with van der Waals surface area (Å²) in [5, 5.41) is 3.04. The van der Waals surface area contributed by atoms with Crippen molar-refractivity contribution in [3.63, 3.8) is 0 Å². The van der Waals surface area contributed by atoms with Gasteiger partial charge in [-0.15, -0.1) is 0 Å². The minimum Gasteiger partial charge on any atom is -0.347 e. The van der Waals surface area contributed by atoms with Gasteiger partial charge in [-0.1, -0.05) is 12.2 Å². The molecule has 1 aliphatic rings. The third kappa shape index (κ3) is 3.00. The van der Waals surface area contributed by atoms with Gasteiger partial charge in [0.15, 0.2) is 0 Å². The maximum absolute atomic E-state index is 5.31. The Kier molecular flexibility index (Phi) is 3.41. The van der Waals surface area contributed by atoms with Crippen LogP contribution in [0.15, 0.2) is 29.4 Å². The highest BCUT2D eigenvalue weighted by Gasteiger charge is 1.90. The summed E-state index contributed by atoms with van der Waals surface area (Å²) >= 11 is 0. The van der Waals surface area contributed by atoms with E-state index in [1.807, 2.05) is 18.4 Å². The van der Waals surface area contributed by atoms with Crippen molar-refractivity contribution in [2.75, 3.05) is 13.1 Å². The van der Waals surface area contributed by atoms with Crippen LogP contribution in [0.5, 0.6) is 0 Å². The molecule has 60 valence electrons. The molecule has 3 N–H and O–H groups in total. The molecule has 0 bridgehead atoms. The zero-order chi connectivity index (χ0) is 7.94. The van der Waals surface area contributed by atoms with Gasteiger partial charge in [0, 0.05) is 6.54 Å². The highest BCUT2D eigenvalue weighted by molar-refractivity contribution is 5.93. The molecule has 3 heteroatoms. The molecule has 0 atom stereocenters. The van der Waals surface area contributed by atoms with Crippen molar-refractivity contribution in [2.24, 2.45) is 10.7 Å². The molecule has 0 unspecified atom stereocenters. The van der Waals surface area contributed by atoms with Crippen LogP contribution in [-0.4, -0.2) is 18.9 Å². The van der Waals surface area contributed by atoms with Crippen molar-refractivity contribution < 1.29 is 0 Å². The van der Waals surface area contributed by atoms with Gasteiger partial charge >= 0.3 is 0 Å². The summed E-state index contributed by atoms with van der Waals surface area (Å²) in [6.07, 6.45) is 8.94. The fourth-order valence-corrected chi connectivity index (χ4v) is 0.802. The van der Waals surface area contributed by atoms with Crippen LogP contribution in [0.3, 0.4) is 0 Å². The number of allylic oxidation sites excluding steroid dienone is 2. The average Bonchev–Trinajstić information content (AvgIpc) is 2.28. The van der Waals surface area contributed by atoms with Gasteiger partial charge in [-0.25, -0.2) is 0 Å². The van der Waals surface area contributed by atoms with Crippen molar-refractivity contribution >= 4 is 5.84 Å². The first-order valence-corrected chi connectivity index (χ1v) is 3.76. The van der Waals surface area contributed by atoms with Crippen LogP contribution in [0.4, 0.5) is 0 Å². The molecular formula is C8H13N3. The Bertz CT molecular complexity index is 192. The Labute approximate surface area is 66.7 Å². The van der Waals surface area contributed by atoms with E-state index < -0.39 is 0 Å². The fourth-order valence-electron chi connectivity index (χ4n) is 0.802. The predicted octanol–water partition coefficient (Wildman–Crippen LogP) is 0.407. The van der Waals surface area contributed by atoms with Crippen LogP contribution in [0.25, 0.3) is 0 Å². The fraction of sp³-hybridized carbons (Fsp3) is 0.375. The van der Waals surface area contributed by atoms with Crippen LogP contribution < -0.4 is 11.1 Å². The van der Waals surface area contributed by atoms with Crippen LogP contribution in [0, 0.1) is 0 Å². The van der Waals surface area contributed by atoms with E-state index in [0.29, 0.717) is 13.1 Å². The molecule has 0 saturated carbocycles. The molecule has 0 aromatic rings. The Balaban J connectivity index is 2.49. The van der Waals surface area contributed by atoms with E-state index >= 15 is 0 Å². The van der Waals surface area contributed by atoms with Crippen molar-refractivity contribution in [1.29, 1.82) is 0 Å². The van der Waals surface area contributed by atoms with E-state index in [9.17, 15) is 0 Å². The first-order chi connectivity index (χ1) is 5.43. The van der Waals surface area contributed by atoms with E-state index in [2.05, 4.69) is 16.4 Å². The molecule has 1 aliphatic heterocycles. The number of nitrogens with two attached hydrogens (primary N) is 1. The van der Waals surface area contributed by atoms with Gasteiger partial charge < -0.3 is 11.1 Å². The lowest BCUT2D eigenvalue weighted by Crippen LogP contribution is -2.15. The summed E-state index contributed by atoms with van der Waals surface area (Å²) in [4.78, 5) is 4.20. The van der Waals surface area contributed by atoms with Gasteiger partial charge in [0.2, 0.25) is 0 Å².